The lowest BCUT2D eigenvalue weighted by Gasteiger charge is -2.16. The van der Waals surface area contributed by atoms with Gasteiger partial charge in [-0.1, -0.05) is 23.2 Å². The van der Waals surface area contributed by atoms with Gasteiger partial charge in [-0.2, -0.15) is 5.26 Å². The minimum Gasteiger partial charge on any atom is -0.495 e. The number of pyridine rings is 1. The van der Waals surface area contributed by atoms with Crippen molar-refractivity contribution in [2.45, 2.75) is 13.0 Å². The van der Waals surface area contributed by atoms with Crippen LogP contribution in [0.1, 0.15) is 12.0 Å². The zero-order valence-electron chi connectivity index (χ0n) is 18.2. The van der Waals surface area contributed by atoms with Crippen LogP contribution in [0, 0.1) is 11.3 Å². The number of ether oxygens (including phenoxy) is 3. The van der Waals surface area contributed by atoms with Gasteiger partial charge in [0.2, 0.25) is 0 Å². The maximum absolute atomic E-state index is 9.69. The van der Waals surface area contributed by atoms with E-state index in [-0.39, 0.29) is 0 Å². The quantitative estimate of drug-likeness (QED) is 0.328. The molecule has 0 bridgehead atoms. The highest BCUT2D eigenvalue weighted by Crippen LogP contribution is 2.40. The number of hydrogen-bond acceptors (Lipinski definition) is 9. The summed E-state index contributed by atoms with van der Waals surface area (Å²) < 4.78 is 18.4. The van der Waals surface area contributed by atoms with E-state index in [1.807, 2.05) is 0 Å². The average molecular weight is 500 g/mol. The minimum atomic E-state index is 0.328. The Hall–Kier alpha value is -3.81. The SMILES string of the molecule is COc1cc(Nc2c(C#N)cnc3cc(OCCCn4cnnn4)c(OC)cc23)c(Cl)cc1Cl. The molecule has 0 aliphatic carbocycles. The zero-order chi connectivity index (χ0) is 24.1. The molecule has 34 heavy (non-hydrogen) atoms. The molecular weight excluding hydrogens is 481 g/mol. The molecule has 2 aromatic heterocycles. The zero-order valence-corrected chi connectivity index (χ0v) is 19.8. The van der Waals surface area contributed by atoms with Gasteiger partial charge in [0.1, 0.15) is 18.1 Å². The van der Waals surface area contributed by atoms with Crippen molar-refractivity contribution in [3.63, 3.8) is 0 Å². The number of aryl methyl sites for hydroxylation is 1. The van der Waals surface area contributed by atoms with Gasteiger partial charge in [0.05, 0.1) is 53.3 Å². The first-order chi connectivity index (χ1) is 16.5. The monoisotopic (exact) mass is 499 g/mol. The maximum Gasteiger partial charge on any atom is 0.163 e. The molecule has 0 fully saturated rings. The average Bonchev–Trinajstić information content (AvgIpc) is 3.36. The number of nitrogens with one attached hydrogen (secondary N) is 1. The van der Waals surface area contributed by atoms with Crippen molar-refractivity contribution >= 4 is 45.5 Å². The number of fused-ring (bicyclic) bond motifs is 1. The minimum absolute atomic E-state index is 0.328. The highest BCUT2D eigenvalue weighted by atomic mass is 35.5. The summed E-state index contributed by atoms with van der Waals surface area (Å²) in [4.78, 5) is 4.42. The van der Waals surface area contributed by atoms with Crippen molar-refractivity contribution in [1.82, 2.24) is 25.2 Å². The molecule has 1 N–H and O–H groups in total. The fourth-order valence-corrected chi connectivity index (χ4v) is 3.81. The van der Waals surface area contributed by atoms with Gasteiger partial charge in [0.15, 0.2) is 11.5 Å². The number of hydrogen-bond donors (Lipinski definition) is 1. The third kappa shape index (κ3) is 4.90. The molecule has 2 aromatic carbocycles. The fraction of sp³-hybridized carbons (Fsp3) is 0.227. The number of nitriles is 1. The molecule has 174 valence electrons. The Balaban J connectivity index is 1.66. The lowest BCUT2D eigenvalue weighted by molar-refractivity contribution is 0.280. The Labute approximate surface area is 205 Å². The molecule has 4 aromatic rings. The molecule has 0 aliphatic heterocycles. The van der Waals surface area contributed by atoms with Crippen LogP contribution in [0.4, 0.5) is 11.4 Å². The van der Waals surface area contributed by atoms with Gasteiger partial charge in [-0.15, -0.1) is 5.10 Å². The lowest BCUT2D eigenvalue weighted by atomic mass is 10.1. The number of rotatable bonds is 9. The smallest absolute Gasteiger partial charge is 0.163 e. The Morgan fingerprint density at radius 1 is 1.06 bits per heavy atom. The molecule has 10 nitrogen and oxygen atoms in total. The molecule has 2 heterocycles. The number of benzene rings is 2. The Bertz CT molecular complexity index is 1360. The van der Waals surface area contributed by atoms with Crippen molar-refractivity contribution in [3.05, 3.63) is 52.4 Å². The van der Waals surface area contributed by atoms with E-state index >= 15 is 0 Å². The van der Waals surface area contributed by atoms with E-state index in [9.17, 15) is 5.26 Å². The summed E-state index contributed by atoms with van der Waals surface area (Å²) in [7, 11) is 3.06. The Morgan fingerprint density at radius 2 is 1.88 bits per heavy atom. The summed E-state index contributed by atoms with van der Waals surface area (Å²) in [6, 6.07) is 8.93. The van der Waals surface area contributed by atoms with E-state index in [0.29, 0.717) is 74.7 Å². The number of methoxy groups -OCH3 is 2. The molecule has 4 rings (SSSR count). The van der Waals surface area contributed by atoms with Crippen LogP contribution in [0.2, 0.25) is 10.0 Å². The topological polar surface area (TPSA) is 120 Å². The highest BCUT2D eigenvalue weighted by molar-refractivity contribution is 6.37. The molecule has 0 aliphatic rings. The molecule has 0 unspecified atom stereocenters. The van der Waals surface area contributed by atoms with Crippen LogP contribution in [0.3, 0.4) is 0 Å². The highest BCUT2D eigenvalue weighted by Gasteiger charge is 2.16. The van der Waals surface area contributed by atoms with Gasteiger partial charge in [-0.3, -0.25) is 4.98 Å². The van der Waals surface area contributed by atoms with Crippen molar-refractivity contribution in [1.29, 1.82) is 5.26 Å². The van der Waals surface area contributed by atoms with Crippen LogP contribution >= 0.6 is 23.2 Å². The van der Waals surface area contributed by atoms with Crippen LogP contribution in [-0.4, -0.2) is 46.0 Å². The molecule has 0 saturated heterocycles. The van der Waals surface area contributed by atoms with Crippen LogP contribution < -0.4 is 19.5 Å². The van der Waals surface area contributed by atoms with E-state index < -0.39 is 0 Å². The van der Waals surface area contributed by atoms with Crippen molar-refractivity contribution in [2.24, 2.45) is 0 Å². The van der Waals surface area contributed by atoms with Crippen molar-refractivity contribution in [3.8, 4) is 23.3 Å². The van der Waals surface area contributed by atoms with Crippen molar-refractivity contribution < 1.29 is 14.2 Å². The summed E-state index contributed by atoms with van der Waals surface area (Å²) in [6.07, 6.45) is 3.72. The Morgan fingerprint density at radius 3 is 2.59 bits per heavy atom. The van der Waals surface area contributed by atoms with Crippen LogP contribution in [-0.2, 0) is 6.54 Å². The first-order valence-corrected chi connectivity index (χ1v) is 10.8. The van der Waals surface area contributed by atoms with Gasteiger partial charge in [0, 0.05) is 36.7 Å². The number of halogens is 2. The third-order valence-electron chi connectivity index (χ3n) is 4.96. The standard InChI is InChI=1S/C22H19Cl2N7O3/c1-32-19-9-18(15(23)7-16(19)24)28-22-13(10-25)11-26-17-8-21(20(33-2)6-14(17)22)34-5-3-4-31-12-27-29-30-31/h6-9,11-12H,3-5H2,1-2H3,(H,26,28). The first-order valence-electron chi connectivity index (χ1n) is 10.1. The van der Waals surface area contributed by atoms with Gasteiger partial charge in [-0.05, 0) is 22.6 Å². The summed E-state index contributed by atoms with van der Waals surface area (Å²) in [5, 5.41) is 25.4. The number of nitrogens with zero attached hydrogens (tertiary/aromatic N) is 6. The van der Waals surface area contributed by atoms with Gasteiger partial charge in [0.25, 0.3) is 0 Å². The second kappa shape index (κ2) is 10.4. The maximum atomic E-state index is 9.69. The molecule has 12 heteroatoms. The van der Waals surface area contributed by atoms with E-state index in [1.165, 1.54) is 13.3 Å². The second-order valence-electron chi connectivity index (χ2n) is 7.05. The molecule has 0 saturated carbocycles. The number of tetrazole rings is 1. The van der Waals surface area contributed by atoms with E-state index in [4.69, 9.17) is 37.4 Å². The Kier molecular flexibility index (Phi) is 7.15. The first kappa shape index (κ1) is 23.4. The summed E-state index contributed by atoms with van der Waals surface area (Å²) >= 11 is 12.5. The predicted molar refractivity (Wildman–Crippen MR) is 127 cm³/mol. The number of aromatic nitrogens is 5. The van der Waals surface area contributed by atoms with Crippen LogP contribution in [0.25, 0.3) is 10.9 Å². The molecule has 0 spiro atoms. The summed E-state index contributed by atoms with van der Waals surface area (Å²) in [6.45, 7) is 1.04. The van der Waals surface area contributed by atoms with Gasteiger partial charge < -0.3 is 19.5 Å². The summed E-state index contributed by atoms with van der Waals surface area (Å²) in [5.41, 5.74) is 1.97. The fourth-order valence-electron chi connectivity index (χ4n) is 3.30. The van der Waals surface area contributed by atoms with E-state index in [1.54, 1.807) is 42.4 Å². The number of anilines is 2. The second-order valence-corrected chi connectivity index (χ2v) is 7.86. The van der Waals surface area contributed by atoms with Crippen molar-refractivity contribution in [2.75, 3.05) is 26.1 Å². The third-order valence-corrected chi connectivity index (χ3v) is 5.56. The lowest BCUT2D eigenvalue weighted by Crippen LogP contribution is -2.06. The summed E-state index contributed by atoms with van der Waals surface area (Å²) in [5.74, 6) is 1.47. The van der Waals surface area contributed by atoms with Gasteiger partial charge in [-0.25, -0.2) is 4.68 Å². The van der Waals surface area contributed by atoms with Crippen LogP contribution in [0.5, 0.6) is 17.2 Å². The largest absolute Gasteiger partial charge is 0.495 e. The predicted octanol–water partition coefficient (Wildman–Crippen LogP) is 4.63. The van der Waals surface area contributed by atoms with Gasteiger partial charge >= 0.3 is 0 Å². The molecule has 0 radical (unpaired) electrons. The molecule has 0 amide bonds. The van der Waals surface area contributed by atoms with Crippen LogP contribution in [0.15, 0.2) is 36.8 Å². The normalized spacial score (nSPS) is 10.7. The molecule has 0 atom stereocenters. The molecular formula is C22H19Cl2N7O3. The van der Waals surface area contributed by atoms with E-state index in [2.05, 4.69) is 31.9 Å². The van der Waals surface area contributed by atoms with E-state index in [0.717, 1.165) is 0 Å².